The average Bonchev–Trinajstić information content (AvgIpc) is 3.23. The molecule has 4 rings (SSSR count). The first-order valence-corrected chi connectivity index (χ1v) is 8.78. The highest BCUT2D eigenvalue weighted by Crippen LogP contribution is 2.26. The molecule has 2 aromatic rings. The van der Waals surface area contributed by atoms with E-state index in [2.05, 4.69) is 15.0 Å². The number of hydrogen-bond donors (Lipinski definition) is 0. The van der Waals surface area contributed by atoms with Crippen molar-refractivity contribution in [1.29, 1.82) is 0 Å². The van der Waals surface area contributed by atoms with E-state index in [9.17, 15) is 4.79 Å². The van der Waals surface area contributed by atoms with E-state index in [0.717, 1.165) is 18.8 Å². The molecule has 0 bridgehead atoms. The molecule has 1 unspecified atom stereocenters. The molecule has 2 saturated heterocycles. The first-order chi connectivity index (χ1) is 12.5. The molecule has 0 aliphatic carbocycles. The Labute approximate surface area is 152 Å². The van der Waals surface area contributed by atoms with Crippen LogP contribution in [0.25, 0.3) is 0 Å². The predicted molar refractivity (Wildman–Crippen MR) is 92.2 cm³/mol. The third-order valence-corrected chi connectivity index (χ3v) is 4.94. The number of rotatable bonds is 3. The number of carbonyl (C=O) groups is 1. The zero-order valence-electron chi connectivity index (χ0n) is 15.2. The summed E-state index contributed by atoms with van der Waals surface area (Å²) in [7, 11) is 3.79. The second-order valence-corrected chi connectivity index (χ2v) is 6.94. The summed E-state index contributed by atoms with van der Waals surface area (Å²) < 4.78 is 15.7. The van der Waals surface area contributed by atoms with E-state index in [1.54, 1.807) is 35.4 Å². The maximum atomic E-state index is 12.8. The summed E-state index contributed by atoms with van der Waals surface area (Å²) in [5.74, 6) is -0.805. The third-order valence-electron chi connectivity index (χ3n) is 4.94. The molecule has 2 aliphatic rings. The van der Waals surface area contributed by atoms with E-state index >= 15 is 0 Å². The Morgan fingerprint density at radius 3 is 2.69 bits per heavy atom. The Morgan fingerprint density at radius 1 is 1.19 bits per heavy atom. The van der Waals surface area contributed by atoms with Gasteiger partial charge in [-0.1, -0.05) is 0 Å². The molecule has 9 heteroatoms. The van der Waals surface area contributed by atoms with Crippen LogP contribution in [0.3, 0.4) is 0 Å². The quantitative estimate of drug-likeness (QED) is 0.758. The van der Waals surface area contributed by atoms with Crippen LogP contribution in [0.5, 0.6) is 0 Å². The van der Waals surface area contributed by atoms with Crippen molar-refractivity contribution in [3.05, 3.63) is 36.2 Å². The standard InChI is InChI=1S/C17H24N6O3/c1-20-13-18-8-15(20)10-22-3-5-25-17(11-22)12-23(4-6-26-17)16(24)14-7-19-21(2)9-14/h7-9,13H,3-6,10-12H2,1-2H3. The highest BCUT2D eigenvalue weighted by Gasteiger charge is 2.43. The van der Waals surface area contributed by atoms with Crippen LogP contribution in [0.15, 0.2) is 24.9 Å². The van der Waals surface area contributed by atoms with Gasteiger partial charge in [-0.3, -0.25) is 14.4 Å². The molecule has 0 radical (unpaired) electrons. The Bertz CT molecular complexity index is 783. The van der Waals surface area contributed by atoms with Crippen LogP contribution in [-0.2, 0) is 30.1 Å². The van der Waals surface area contributed by atoms with Gasteiger partial charge < -0.3 is 18.9 Å². The molecule has 2 aliphatic heterocycles. The summed E-state index contributed by atoms with van der Waals surface area (Å²) in [6.07, 6.45) is 7.01. The number of hydrogen-bond acceptors (Lipinski definition) is 6. The van der Waals surface area contributed by atoms with Gasteiger partial charge in [0.25, 0.3) is 5.91 Å². The maximum absolute atomic E-state index is 12.8. The predicted octanol–water partition coefficient (Wildman–Crippen LogP) is -0.145. The lowest BCUT2D eigenvalue weighted by Gasteiger charge is -2.47. The van der Waals surface area contributed by atoms with Crippen LogP contribution in [0, 0.1) is 0 Å². The van der Waals surface area contributed by atoms with E-state index < -0.39 is 5.79 Å². The lowest BCUT2D eigenvalue weighted by Crippen LogP contribution is -2.62. The molecule has 4 heterocycles. The smallest absolute Gasteiger partial charge is 0.257 e. The van der Waals surface area contributed by atoms with Crippen LogP contribution in [0.2, 0.25) is 0 Å². The molecule has 2 aromatic heterocycles. The van der Waals surface area contributed by atoms with Crippen molar-refractivity contribution in [3.8, 4) is 0 Å². The number of nitrogens with zero attached hydrogens (tertiary/aromatic N) is 6. The van der Waals surface area contributed by atoms with Gasteiger partial charge in [0.15, 0.2) is 5.79 Å². The minimum Gasteiger partial charge on any atom is -0.346 e. The Hall–Kier alpha value is -2.23. The topological polar surface area (TPSA) is 77.7 Å². The van der Waals surface area contributed by atoms with Gasteiger partial charge in [0.2, 0.25) is 0 Å². The summed E-state index contributed by atoms with van der Waals surface area (Å²) in [5, 5.41) is 4.09. The highest BCUT2D eigenvalue weighted by molar-refractivity contribution is 5.93. The summed E-state index contributed by atoms with van der Waals surface area (Å²) in [4.78, 5) is 21.0. The van der Waals surface area contributed by atoms with Crippen LogP contribution in [-0.4, -0.2) is 80.2 Å². The van der Waals surface area contributed by atoms with Crippen LogP contribution in [0.4, 0.5) is 0 Å². The second-order valence-electron chi connectivity index (χ2n) is 6.94. The number of carbonyl (C=O) groups excluding carboxylic acids is 1. The van der Waals surface area contributed by atoms with Crippen molar-refractivity contribution < 1.29 is 14.3 Å². The van der Waals surface area contributed by atoms with Crippen molar-refractivity contribution in [1.82, 2.24) is 29.1 Å². The van der Waals surface area contributed by atoms with E-state index in [1.807, 2.05) is 17.8 Å². The fraction of sp³-hybridized carbons (Fsp3) is 0.588. The zero-order chi connectivity index (χ0) is 18.1. The van der Waals surface area contributed by atoms with Crippen molar-refractivity contribution >= 4 is 5.91 Å². The molecule has 140 valence electrons. The summed E-state index contributed by atoms with van der Waals surface area (Å²) in [5.41, 5.74) is 1.73. The normalized spacial score (nSPS) is 24.3. The third kappa shape index (κ3) is 3.37. The fourth-order valence-electron chi connectivity index (χ4n) is 3.56. The Balaban J connectivity index is 1.45. The molecule has 9 nitrogen and oxygen atoms in total. The summed E-state index contributed by atoms with van der Waals surface area (Å²) in [6.45, 7) is 4.24. The monoisotopic (exact) mass is 360 g/mol. The van der Waals surface area contributed by atoms with Crippen LogP contribution >= 0.6 is 0 Å². The van der Waals surface area contributed by atoms with Crippen molar-refractivity contribution in [2.75, 3.05) is 39.4 Å². The molecule has 0 N–H and O–H groups in total. The highest BCUT2D eigenvalue weighted by atomic mass is 16.7. The first kappa shape index (κ1) is 17.2. The van der Waals surface area contributed by atoms with E-state index in [4.69, 9.17) is 9.47 Å². The number of ether oxygens (including phenoxy) is 2. The summed E-state index contributed by atoms with van der Waals surface area (Å²) in [6, 6.07) is 0. The molecule has 2 fully saturated rings. The Kier molecular flexibility index (Phi) is 4.51. The SMILES string of the molecule is Cn1cc(C(=O)N2CCOC3(CN(Cc4cncn4C)CCO3)C2)cn1. The number of morpholine rings is 2. The van der Waals surface area contributed by atoms with Crippen LogP contribution < -0.4 is 0 Å². The molecule has 1 atom stereocenters. The molecular formula is C17H24N6O3. The van der Waals surface area contributed by atoms with E-state index in [-0.39, 0.29) is 5.91 Å². The molecule has 26 heavy (non-hydrogen) atoms. The zero-order valence-corrected chi connectivity index (χ0v) is 15.2. The van der Waals surface area contributed by atoms with Gasteiger partial charge in [0.05, 0.1) is 50.1 Å². The van der Waals surface area contributed by atoms with Gasteiger partial charge in [0, 0.05) is 46.1 Å². The Morgan fingerprint density at radius 2 is 2.00 bits per heavy atom. The van der Waals surface area contributed by atoms with Crippen molar-refractivity contribution in [3.63, 3.8) is 0 Å². The van der Waals surface area contributed by atoms with Crippen LogP contribution in [0.1, 0.15) is 16.1 Å². The van der Waals surface area contributed by atoms with E-state index in [1.165, 1.54) is 0 Å². The average molecular weight is 360 g/mol. The maximum Gasteiger partial charge on any atom is 0.257 e. The number of aromatic nitrogens is 4. The second kappa shape index (κ2) is 6.82. The lowest BCUT2D eigenvalue weighted by atomic mass is 10.1. The molecular weight excluding hydrogens is 336 g/mol. The molecule has 1 amide bonds. The lowest BCUT2D eigenvalue weighted by molar-refractivity contribution is -0.287. The summed E-state index contributed by atoms with van der Waals surface area (Å²) >= 11 is 0. The fourth-order valence-corrected chi connectivity index (χ4v) is 3.56. The molecule has 1 spiro atoms. The largest absolute Gasteiger partial charge is 0.346 e. The first-order valence-electron chi connectivity index (χ1n) is 8.78. The minimum absolute atomic E-state index is 0.0341. The van der Waals surface area contributed by atoms with Gasteiger partial charge in [0.1, 0.15) is 0 Å². The number of imidazole rings is 1. The molecule has 0 aromatic carbocycles. The van der Waals surface area contributed by atoms with Gasteiger partial charge >= 0.3 is 0 Å². The minimum atomic E-state index is -0.771. The molecule has 0 saturated carbocycles. The van der Waals surface area contributed by atoms with Gasteiger partial charge in [-0.15, -0.1) is 0 Å². The number of amides is 1. The number of aryl methyl sites for hydroxylation is 2. The van der Waals surface area contributed by atoms with Gasteiger partial charge in [-0.25, -0.2) is 4.98 Å². The van der Waals surface area contributed by atoms with Gasteiger partial charge in [-0.2, -0.15) is 5.10 Å². The van der Waals surface area contributed by atoms with E-state index in [0.29, 0.717) is 38.4 Å². The van der Waals surface area contributed by atoms with Gasteiger partial charge in [-0.05, 0) is 0 Å². The van der Waals surface area contributed by atoms with Crippen molar-refractivity contribution in [2.24, 2.45) is 14.1 Å². The van der Waals surface area contributed by atoms with Crippen molar-refractivity contribution in [2.45, 2.75) is 12.3 Å².